The average molecular weight is 435 g/mol. The van der Waals surface area contributed by atoms with E-state index in [0.29, 0.717) is 5.69 Å². The fourth-order valence-electron chi connectivity index (χ4n) is 4.33. The van der Waals surface area contributed by atoms with Crippen LogP contribution in [0.4, 0.5) is 0 Å². The molecule has 32 heavy (non-hydrogen) atoms. The van der Waals surface area contributed by atoms with Gasteiger partial charge in [-0.1, -0.05) is 91.0 Å². The average Bonchev–Trinajstić information content (AvgIpc) is 3.51. The predicted octanol–water partition coefficient (Wildman–Crippen LogP) is 6.32. The van der Waals surface area contributed by atoms with Gasteiger partial charge in [-0.05, 0) is 40.6 Å². The Morgan fingerprint density at radius 3 is 1.72 bits per heavy atom. The molecule has 0 bridgehead atoms. The van der Waals surface area contributed by atoms with Crippen LogP contribution in [0, 0.1) is 6.92 Å². The summed E-state index contributed by atoms with van der Waals surface area (Å²) < 4.78 is 2.07. The van der Waals surface area contributed by atoms with E-state index in [2.05, 4.69) is 45.9 Å². The molecule has 3 aromatic carbocycles. The van der Waals surface area contributed by atoms with E-state index in [1.165, 1.54) is 11.3 Å². The van der Waals surface area contributed by atoms with E-state index in [0.717, 1.165) is 27.1 Å². The van der Waals surface area contributed by atoms with Gasteiger partial charge in [0.05, 0.1) is 11.2 Å². The summed E-state index contributed by atoms with van der Waals surface area (Å²) in [5.74, 6) is -0.0423. The second kappa shape index (κ2) is 8.40. The molecule has 0 atom stereocenters. The van der Waals surface area contributed by atoms with E-state index in [1.807, 2.05) is 79.2 Å². The maximum atomic E-state index is 13.2. The first kappa shape index (κ1) is 20.2. The lowest BCUT2D eigenvalue weighted by molar-refractivity contribution is 0.103. The van der Waals surface area contributed by atoms with Crippen molar-refractivity contribution in [2.75, 3.05) is 0 Å². The van der Waals surface area contributed by atoms with Crippen LogP contribution in [0.3, 0.4) is 0 Å². The van der Waals surface area contributed by atoms with E-state index in [9.17, 15) is 4.79 Å². The quantitative estimate of drug-likeness (QED) is 0.231. The van der Waals surface area contributed by atoms with Gasteiger partial charge in [-0.2, -0.15) is 0 Å². The normalized spacial score (nSPS) is 11.4. The van der Waals surface area contributed by atoms with Gasteiger partial charge in [0, 0.05) is 6.20 Å². The van der Waals surface area contributed by atoms with Gasteiger partial charge in [0.1, 0.15) is 11.2 Å². The van der Waals surface area contributed by atoms with E-state index in [1.54, 1.807) is 6.33 Å². The molecular weight excluding hydrogens is 412 g/mol. The number of hydrogen-bond acceptors (Lipinski definition) is 3. The Morgan fingerprint density at radius 2 is 1.28 bits per heavy atom. The Labute approximate surface area is 191 Å². The van der Waals surface area contributed by atoms with Crippen LogP contribution in [-0.2, 0) is 5.54 Å². The van der Waals surface area contributed by atoms with Gasteiger partial charge in [0.2, 0.25) is 5.78 Å². The van der Waals surface area contributed by atoms with Crippen LogP contribution >= 0.6 is 11.3 Å². The Bertz CT molecular complexity index is 1240. The van der Waals surface area contributed by atoms with Crippen molar-refractivity contribution in [3.05, 3.63) is 148 Å². The van der Waals surface area contributed by atoms with Gasteiger partial charge < -0.3 is 4.57 Å². The Morgan fingerprint density at radius 1 is 0.781 bits per heavy atom. The summed E-state index contributed by atoms with van der Waals surface area (Å²) in [6.07, 6.45) is 3.66. The third-order valence-electron chi connectivity index (χ3n) is 5.85. The van der Waals surface area contributed by atoms with E-state index in [-0.39, 0.29) is 5.78 Å². The number of aromatic nitrogens is 2. The van der Waals surface area contributed by atoms with Gasteiger partial charge in [-0.25, -0.2) is 4.98 Å². The highest BCUT2D eigenvalue weighted by molar-refractivity contribution is 7.12. The van der Waals surface area contributed by atoms with Crippen LogP contribution in [0.15, 0.2) is 115 Å². The van der Waals surface area contributed by atoms with Crippen LogP contribution < -0.4 is 0 Å². The third kappa shape index (κ3) is 3.29. The minimum atomic E-state index is -0.667. The molecule has 0 N–H and O–H groups in total. The maximum Gasteiger partial charge on any atom is 0.223 e. The van der Waals surface area contributed by atoms with E-state index < -0.39 is 5.54 Å². The molecule has 5 aromatic rings. The predicted molar refractivity (Wildman–Crippen MR) is 129 cm³/mol. The Kier molecular flexibility index (Phi) is 5.29. The molecule has 0 radical (unpaired) electrons. The zero-order chi connectivity index (χ0) is 22.0. The number of imidazole rings is 1. The minimum absolute atomic E-state index is 0.0423. The second-order valence-corrected chi connectivity index (χ2v) is 8.65. The smallest absolute Gasteiger partial charge is 0.223 e. The van der Waals surface area contributed by atoms with Crippen molar-refractivity contribution in [3.8, 4) is 0 Å². The first-order valence-corrected chi connectivity index (χ1v) is 11.4. The van der Waals surface area contributed by atoms with Gasteiger partial charge in [-0.15, -0.1) is 11.3 Å². The van der Waals surface area contributed by atoms with Crippen LogP contribution in [0.5, 0.6) is 0 Å². The number of aryl methyl sites for hydroxylation is 1. The molecule has 4 heteroatoms. The fraction of sp³-hybridized carbons (Fsp3) is 0.0714. The van der Waals surface area contributed by atoms with Crippen molar-refractivity contribution in [3.63, 3.8) is 0 Å². The zero-order valence-corrected chi connectivity index (χ0v) is 18.5. The number of carbonyl (C=O) groups is 1. The summed E-state index contributed by atoms with van der Waals surface area (Å²) in [4.78, 5) is 18.5. The number of rotatable bonds is 6. The first-order valence-electron chi connectivity index (χ1n) is 10.5. The molecule has 0 aliphatic carbocycles. The molecule has 0 fully saturated rings. The lowest BCUT2D eigenvalue weighted by atomic mass is 9.77. The summed E-state index contributed by atoms with van der Waals surface area (Å²) in [6.45, 7) is 1.96. The number of ketones is 1. The second-order valence-electron chi connectivity index (χ2n) is 7.74. The van der Waals surface area contributed by atoms with Gasteiger partial charge in [0.15, 0.2) is 0 Å². The van der Waals surface area contributed by atoms with Crippen molar-refractivity contribution in [2.24, 2.45) is 0 Å². The third-order valence-corrected chi connectivity index (χ3v) is 6.86. The minimum Gasteiger partial charge on any atom is -0.318 e. The first-order chi connectivity index (χ1) is 15.7. The lowest BCUT2D eigenvalue weighted by Gasteiger charge is -2.37. The highest BCUT2D eigenvalue weighted by Crippen LogP contribution is 2.40. The fourth-order valence-corrected chi connectivity index (χ4v) is 5.20. The number of nitrogens with zero attached hydrogens (tertiary/aromatic N) is 2. The molecule has 2 aromatic heterocycles. The molecule has 0 saturated heterocycles. The molecule has 0 aliphatic rings. The highest BCUT2D eigenvalue weighted by Gasteiger charge is 2.38. The number of thiophene rings is 1. The van der Waals surface area contributed by atoms with Gasteiger partial charge >= 0.3 is 0 Å². The molecule has 5 rings (SSSR count). The van der Waals surface area contributed by atoms with Crippen molar-refractivity contribution in [2.45, 2.75) is 12.5 Å². The molecule has 0 unspecified atom stereocenters. The van der Waals surface area contributed by atoms with Crippen LogP contribution in [0.1, 0.15) is 37.6 Å². The SMILES string of the molecule is Cc1ccsc1C(=O)c1cn(C(c2ccccc2)(c2ccccc2)c2ccccc2)cn1. The monoisotopic (exact) mass is 434 g/mol. The molecule has 0 amide bonds. The maximum absolute atomic E-state index is 13.2. The Hall–Kier alpha value is -3.76. The lowest BCUT2D eigenvalue weighted by Crippen LogP contribution is -2.37. The summed E-state index contributed by atoms with van der Waals surface area (Å²) >= 11 is 1.46. The molecular formula is C28H22N2OS. The largest absolute Gasteiger partial charge is 0.318 e. The van der Waals surface area contributed by atoms with Crippen molar-refractivity contribution in [1.82, 2.24) is 9.55 Å². The summed E-state index contributed by atoms with van der Waals surface area (Å²) in [6, 6.07) is 33.1. The van der Waals surface area contributed by atoms with Crippen molar-refractivity contribution < 1.29 is 4.79 Å². The Balaban J connectivity index is 1.77. The number of hydrogen-bond donors (Lipinski definition) is 0. The summed E-state index contributed by atoms with van der Waals surface area (Å²) in [5, 5.41) is 1.95. The molecule has 0 saturated carbocycles. The van der Waals surface area contributed by atoms with Gasteiger partial charge in [-0.3, -0.25) is 4.79 Å². The topological polar surface area (TPSA) is 34.9 Å². The molecule has 3 nitrogen and oxygen atoms in total. The molecule has 0 spiro atoms. The highest BCUT2D eigenvalue weighted by atomic mass is 32.1. The van der Waals surface area contributed by atoms with Crippen LogP contribution in [0.25, 0.3) is 0 Å². The molecule has 0 aliphatic heterocycles. The van der Waals surface area contributed by atoms with E-state index >= 15 is 0 Å². The zero-order valence-electron chi connectivity index (χ0n) is 17.7. The number of benzene rings is 3. The molecule has 2 heterocycles. The number of carbonyl (C=O) groups excluding carboxylic acids is 1. The van der Waals surface area contributed by atoms with Crippen LogP contribution in [-0.4, -0.2) is 15.3 Å². The standard InChI is InChI=1S/C28H22N2OS/c1-21-17-18-32-27(21)26(31)25-19-30(20-29-25)28(22-11-5-2-6-12-22,23-13-7-3-8-14-23)24-15-9-4-10-16-24/h2-20H,1H3. The summed E-state index contributed by atoms with van der Waals surface area (Å²) in [7, 11) is 0. The van der Waals surface area contributed by atoms with Crippen molar-refractivity contribution >= 4 is 17.1 Å². The van der Waals surface area contributed by atoms with Crippen molar-refractivity contribution in [1.29, 1.82) is 0 Å². The van der Waals surface area contributed by atoms with Crippen LogP contribution in [0.2, 0.25) is 0 Å². The summed E-state index contributed by atoms with van der Waals surface area (Å²) in [5.41, 5.74) is 4.06. The van der Waals surface area contributed by atoms with E-state index in [4.69, 9.17) is 0 Å². The molecule has 156 valence electrons. The van der Waals surface area contributed by atoms with Gasteiger partial charge in [0.25, 0.3) is 0 Å².